The second-order valence-corrected chi connectivity index (χ2v) is 3.09. The van der Waals surface area contributed by atoms with Gasteiger partial charge in [-0.15, -0.1) is 0 Å². The van der Waals surface area contributed by atoms with Crippen LogP contribution in [0.4, 0.5) is 18.9 Å². The minimum Gasteiger partial charge on any atom is -0.491 e. The second-order valence-electron chi connectivity index (χ2n) is 3.09. The van der Waals surface area contributed by atoms with Gasteiger partial charge in [-0.3, -0.25) is 0 Å². The van der Waals surface area contributed by atoms with Gasteiger partial charge in [-0.05, 0) is 18.2 Å². The highest BCUT2D eigenvalue weighted by Crippen LogP contribution is 2.35. The number of hydrogen-bond acceptors (Lipinski definition) is 3. The van der Waals surface area contributed by atoms with Crippen LogP contribution in [0.25, 0.3) is 0 Å². The van der Waals surface area contributed by atoms with Gasteiger partial charge in [-0.25, -0.2) is 0 Å². The number of halogens is 3. The molecule has 0 fully saturated rings. The standard InChI is InChI=1S/C10H12F3NO2/c1-15-4-5-16-7-2-3-9(14)8(6-7)10(11,12)13/h2-3,6H,4-5,14H2,1H3. The Morgan fingerprint density at radius 3 is 2.50 bits per heavy atom. The third-order valence-corrected chi connectivity index (χ3v) is 1.89. The molecule has 0 aliphatic heterocycles. The molecule has 1 rings (SSSR count). The van der Waals surface area contributed by atoms with Gasteiger partial charge in [0.25, 0.3) is 0 Å². The van der Waals surface area contributed by atoms with E-state index in [0.717, 1.165) is 6.07 Å². The molecule has 6 heteroatoms. The van der Waals surface area contributed by atoms with Crippen LogP contribution in [-0.4, -0.2) is 20.3 Å². The molecule has 2 N–H and O–H groups in total. The van der Waals surface area contributed by atoms with Gasteiger partial charge in [-0.2, -0.15) is 13.2 Å². The molecular formula is C10H12F3NO2. The zero-order chi connectivity index (χ0) is 12.2. The van der Waals surface area contributed by atoms with Crippen LogP contribution in [0.5, 0.6) is 5.75 Å². The number of anilines is 1. The van der Waals surface area contributed by atoms with Crippen LogP contribution in [0.15, 0.2) is 18.2 Å². The summed E-state index contributed by atoms with van der Waals surface area (Å²) in [6.07, 6.45) is -4.47. The first-order valence-electron chi connectivity index (χ1n) is 4.53. The lowest BCUT2D eigenvalue weighted by Crippen LogP contribution is -2.10. The summed E-state index contributed by atoms with van der Waals surface area (Å²) in [5.74, 6) is 0.124. The lowest BCUT2D eigenvalue weighted by Gasteiger charge is -2.12. The molecule has 0 aliphatic carbocycles. The van der Waals surface area contributed by atoms with E-state index in [9.17, 15) is 13.2 Å². The molecule has 0 radical (unpaired) electrons. The van der Waals surface area contributed by atoms with E-state index in [0.29, 0.717) is 6.61 Å². The normalized spacial score (nSPS) is 11.5. The van der Waals surface area contributed by atoms with Crippen molar-refractivity contribution in [2.45, 2.75) is 6.18 Å². The average Bonchev–Trinajstić information content (AvgIpc) is 2.19. The molecule has 1 aromatic carbocycles. The van der Waals surface area contributed by atoms with E-state index >= 15 is 0 Å². The van der Waals surface area contributed by atoms with Crippen molar-refractivity contribution in [3.63, 3.8) is 0 Å². The quantitative estimate of drug-likeness (QED) is 0.643. The maximum Gasteiger partial charge on any atom is 0.418 e. The van der Waals surface area contributed by atoms with Crippen molar-refractivity contribution in [1.82, 2.24) is 0 Å². The van der Waals surface area contributed by atoms with Crippen molar-refractivity contribution < 1.29 is 22.6 Å². The van der Waals surface area contributed by atoms with E-state index in [1.54, 1.807) is 0 Å². The molecule has 16 heavy (non-hydrogen) atoms. The molecule has 0 spiro atoms. The van der Waals surface area contributed by atoms with Gasteiger partial charge in [-0.1, -0.05) is 0 Å². The van der Waals surface area contributed by atoms with Crippen molar-refractivity contribution in [1.29, 1.82) is 0 Å². The summed E-state index contributed by atoms with van der Waals surface area (Å²) in [5, 5.41) is 0. The average molecular weight is 235 g/mol. The van der Waals surface area contributed by atoms with Crippen LogP contribution in [0.1, 0.15) is 5.56 Å². The summed E-state index contributed by atoms with van der Waals surface area (Å²) in [5.41, 5.74) is 4.03. The number of rotatable bonds is 4. The van der Waals surface area contributed by atoms with E-state index in [1.807, 2.05) is 0 Å². The van der Waals surface area contributed by atoms with Crippen LogP contribution >= 0.6 is 0 Å². The lowest BCUT2D eigenvalue weighted by atomic mass is 10.1. The third kappa shape index (κ3) is 3.30. The Labute approximate surface area is 91.0 Å². The van der Waals surface area contributed by atoms with E-state index in [4.69, 9.17) is 15.2 Å². The largest absolute Gasteiger partial charge is 0.491 e. The van der Waals surface area contributed by atoms with Gasteiger partial charge in [0, 0.05) is 12.8 Å². The monoisotopic (exact) mass is 235 g/mol. The molecule has 0 saturated heterocycles. The van der Waals surface area contributed by atoms with Crippen LogP contribution in [0.3, 0.4) is 0 Å². The summed E-state index contributed by atoms with van der Waals surface area (Å²) < 4.78 is 47.1. The fourth-order valence-corrected chi connectivity index (χ4v) is 1.11. The minimum absolute atomic E-state index is 0.124. The molecule has 0 amide bonds. The van der Waals surface area contributed by atoms with Gasteiger partial charge in [0.15, 0.2) is 0 Å². The van der Waals surface area contributed by atoms with Crippen molar-refractivity contribution >= 4 is 5.69 Å². The van der Waals surface area contributed by atoms with Crippen LogP contribution in [0, 0.1) is 0 Å². The van der Waals surface area contributed by atoms with Crippen molar-refractivity contribution in [3.8, 4) is 5.75 Å². The fraction of sp³-hybridized carbons (Fsp3) is 0.400. The zero-order valence-corrected chi connectivity index (χ0v) is 8.67. The molecule has 0 bridgehead atoms. The molecule has 0 atom stereocenters. The molecule has 0 saturated carbocycles. The number of alkyl halides is 3. The van der Waals surface area contributed by atoms with E-state index in [2.05, 4.69) is 0 Å². The lowest BCUT2D eigenvalue weighted by molar-refractivity contribution is -0.137. The highest BCUT2D eigenvalue weighted by atomic mass is 19.4. The number of methoxy groups -OCH3 is 1. The smallest absolute Gasteiger partial charge is 0.418 e. The van der Waals surface area contributed by atoms with Crippen molar-refractivity contribution in [2.75, 3.05) is 26.1 Å². The summed E-state index contributed by atoms with van der Waals surface area (Å²) in [7, 11) is 1.48. The predicted octanol–water partition coefficient (Wildman–Crippen LogP) is 2.31. The van der Waals surface area contributed by atoms with Gasteiger partial charge in [0.05, 0.1) is 12.2 Å². The Hall–Kier alpha value is -1.43. The van der Waals surface area contributed by atoms with E-state index in [-0.39, 0.29) is 18.0 Å². The Bertz CT molecular complexity index is 352. The molecule has 3 nitrogen and oxygen atoms in total. The fourth-order valence-electron chi connectivity index (χ4n) is 1.11. The molecule has 1 aromatic rings. The SMILES string of the molecule is COCCOc1ccc(N)c(C(F)(F)F)c1. The summed E-state index contributed by atoms with van der Waals surface area (Å²) in [6, 6.07) is 3.44. The Morgan fingerprint density at radius 1 is 1.25 bits per heavy atom. The number of ether oxygens (including phenoxy) is 2. The van der Waals surface area contributed by atoms with Crippen LogP contribution < -0.4 is 10.5 Å². The van der Waals surface area contributed by atoms with Crippen LogP contribution in [0.2, 0.25) is 0 Å². The minimum atomic E-state index is -4.47. The Morgan fingerprint density at radius 2 is 1.94 bits per heavy atom. The van der Waals surface area contributed by atoms with Gasteiger partial charge in [0.1, 0.15) is 12.4 Å². The molecule has 0 heterocycles. The van der Waals surface area contributed by atoms with Gasteiger partial charge < -0.3 is 15.2 Å². The van der Waals surface area contributed by atoms with E-state index < -0.39 is 11.7 Å². The first-order valence-corrected chi connectivity index (χ1v) is 4.53. The first kappa shape index (κ1) is 12.6. The number of nitrogens with two attached hydrogens (primary N) is 1. The topological polar surface area (TPSA) is 44.5 Å². The van der Waals surface area contributed by atoms with E-state index in [1.165, 1.54) is 19.2 Å². The number of hydrogen-bond donors (Lipinski definition) is 1. The first-order chi connectivity index (χ1) is 7.45. The van der Waals surface area contributed by atoms with Crippen LogP contribution in [-0.2, 0) is 10.9 Å². The highest BCUT2D eigenvalue weighted by molar-refractivity contribution is 5.51. The third-order valence-electron chi connectivity index (χ3n) is 1.89. The summed E-state index contributed by atoms with van der Waals surface area (Å²) >= 11 is 0. The molecule has 0 unspecified atom stereocenters. The highest BCUT2D eigenvalue weighted by Gasteiger charge is 2.33. The number of nitrogen functional groups attached to an aromatic ring is 1. The maximum atomic E-state index is 12.5. The second kappa shape index (κ2) is 5.07. The van der Waals surface area contributed by atoms with Crippen molar-refractivity contribution in [2.24, 2.45) is 0 Å². The maximum absolute atomic E-state index is 12.5. The zero-order valence-electron chi connectivity index (χ0n) is 8.67. The molecule has 0 aromatic heterocycles. The molecular weight excluding hydrogens is 223 g/mol. The predicted molar refractivity (Wildman–Crippen MR) is 53.2 cm³/mol. The molecule has 90 valence electrons. The molecule has 0 aliphatic rings. The van der Waals surface area contributed by atoms with Gasteiger partial charge >= 0.3 is 6.18 Å². The summed E-state index contributed by atoms with van der Waals surface area (Å²) in [4.78, 5) is 0. The Balaban J connectivity index is 2.82. The summed E-state index contributed by atoms with van der Waals surface area (Å²) in [6.45, 7) is 0.503. The number of benzene rings is 1. The Kier molecular flexibility index (Phi) is 4.00. The van der Waals surface area contributed by atoms with Gasteiger partial charge in [0.2, 0.25) is 0 Å². The van der Waals surface area contributed by atoms with Crippen molar-refractivity contribution in [3.05, 3.63) is 23.8 Å².